The van der Waals surface area contributed by atoms with Crippen LogP contribution in [0.3, 0.4) is 0 Å². The monoisotopic (exact) mass is 281 g/mol. The molecule has 5 heteroatoms. The molecule has 98 valence electrons. The van der Waals surface area contributed by atoms with Crippen molar-refractivity contribution in [3.63, 3.8) is 0 Å². The van der Waals surface area contributed by atoms with Crippen molar-refractivity contribution in [2.24, 2.45) is 0 Å². The zero-order valence-electron chi connectivity index (χ0n) is 10.5. The minimum absolute atomic E-state index is 0.120. The van der Waals surface area contributed by atoms with Gasteiger partial charge in [0.05, 0.1) is 16.8 Å². The van der Waals surface area contributed by atoms with Gasteiger partial charge in [-0.05, 0) is 23.6 Å². The molecule has 20 heavy (non-hydrogen) atoms. The molecule has 1 amide bonds. The molecule has 0 aliphatic carbocycles. The minimum Gasteiger partial charge on any atom is -0.320 e. The van der Waals surface area contributed by atoms with Gasteiger partial charge in [-0.25, -0.2) is 0 Å². The summed E-state index contributed by atoms with van der Waals surface area (Å²) in [6.45, 7) is 0. The van der Waals surface area contributed by atoms with Gasteiger partial charge in [0.2, 0.25) is 0 Å². The number of thiophene rings is 1. The van der Waals surface area contributed by atoms with Gasteiger partial charge in [-0.2, -0.15) is 0 Å². The summed E-state index contributed by atoms with van der Waals surface area (Å²) in [4.78, 5) is 20.9. The number of nitrogens with zero attached hydrogens (tertiary/aromatic N) is 2. The standard InChI is InChI=1S/C15H11N3OS/c19-15(14-4-2-6-20-14)18-13-7-12(9-17-10-13)11-3-1-5-16-8-11/h1-10H,(H,18,19). The molecule has 0 bridgehead atoms. The van der Waals surface area contributed by atoms with Gasteiger partial charge >= 0.3 is 0 Å². The molecule has 3 aromatic rings. The normalized spacial score (nSPS) is 10.2. The lowest BCUT2D eigenvalue weighted by atomic mass is 10.1. The van der Waals surface area contributed by atoms with Crippen molar-refractivity contribution in [1.29, 1.82) is 0 Å². The Bertz CT molecular complexity index is 711. The van der Waals surface area contributed by atoms with E-state index in [1.807, 2.05) is 29.6 Å². The van der Waals surface area contributed by atoms with Crippen molar-refractivity contribution < 1.29 is 4.79 Å². The number of rotatable bonds is 3. The SMILES string of the molecule is O=C(Nc1cncc(-c2cccnc2)c1)c1cccs1. The molecule has 3 rings (SSSR count). The molecule has 4 nitrogen and oxygen atoms in total. The van der Waals surface area contributed by atoms with E-state index < -0.39 is 0 Å². The van der Waals surface area contributed by atoms with E-state index >= 15 is 0 Å². The highest BCUT2D eigenvalue weighted by atomic mass is 32.1. The van der Waals surface area contributed by atoms with E-state index in [0.717, 1.165) is 11.1 Å². The first-order valence-electron chi connectivity index (χ1n) is 6.03. The number of amides is 1. The van der Waals surface area contributed by atoms with Crippen LogP contribution < -0.4 is 5.32 Å². The highest BCUT2D eigenvalue weighted by Crippen LogP contribution is 2.21. The quantitative estimate of drug-likeness (QED) is 0.800. The van der Waals surface area contributed by atoms with Crippen molar-refractivity contribution in [1.82, 2.24) is 9.97 Å². The zero-order valence-corrected chi connectivity index (χ0v) is 11.3. The van der Waals surface area contributed by atoms with Crippen molar-refractivity contribution in [3.8, 4) is 11.1 Å². The Morgan fingerprint density at radius 2 is 1.95 bits per heavy atom. The molecular weight excluding hydrogens is 270 g/mol. The van der Waals surface area contributed by atoms with Gasteiger partial charge in [0, 0.05) is 29.7 Å². The topological polar surface area (TPSA) is 54.9 Å². The van der Waals surface area contributed by atoms with Crippen LogP contribution in [0.5, 0.6) is 0 Å². The van der Waals surface area contributed by atoms with Gasteiger partial charge in [0.15, 0.2) is 0 Å². The fourth-order valence-electron chi connectivity index (χ4n) is 1.80. The minimum atomic E-state index is -0.120. The Balaban J connectivity index is 1.83. The molecule has 0 saturated heterocycles. The van der Waals surface area contributed by atoms with E-state index in [2.05, 4.69) is 15.3 Å². The summed E-state index contributed by atoms with van der Waals surface area (Å²) in [6, 6.07) is 9.35. The molecule has 0 fully saturated rings. The zero-order chi connectivity index (χ0) is 13.8. The Morgan fingerprint density at radius 3 is 2.70 bits per heavy atom. The van der Waals surface area contributed by atoms with E-state index in [1.54, 1.807) is 30.9 Å². The first-order chi connectivity index (χ1) is 9.83. The lowest BCUT2D eigenvalue weighted by Crippen LogP contribution is -2.10. The van der Waals surface area contributed by atoms with Crippen LogP contribution in [0.4, 0.5) is 5.69 Å². The number of hydrogen-bond acceptors (Lipinski definition) is 4. The van der Waals surface area contributed by atoms with E-state index in [1.165, 1.54) is 11.3 Å². The fourth-order valence-corrected chi connectivity index (χ4v) is 2.42. The number of nitrogens with one attached hydrogen (secondary N) is 1. The van der Waals surface area contributed by atoms with Crippen LogP contribution in [0.25, 0.3) is 11.1 Å². The van der Waals surface area contributed by atoms with Crippen molar-refractivity contribution >= 4 is 22.9 Å². The number of carbonyl (C=O) groups is 1. The van der Waals surface area contributed by atoms with Gasteiger partial charge in [-0.15, -0.1) is 11.3 Å². The first-order valence-corrected chi connectivity index (χ1v) is 6.91. The van der Waals surface area contributed by atoms with E-state index in [9.17, 15) is 4.79 Å². The number of carbonyl (C=O) groups excluding carboxylic acids is 1. The predicted molar refractivity (Wildman–Crippen MR) is 79.7 cm³/mol. The lowest BCUT2D eigenvalue weighted by Gasteiger charge is -2.06. The van der Waals surface area contributed by atoms with Gasteiger partial charge in [-0.1, -0.05) is 12.1 Å². The third-order valence-corrected chi connectivity index (χ3v) is 3.60. The maximum absolute atomic E-state index is 12.0. The second kappa shape index (κ2) is 5.63. The van der Waals surface area contributed by atoms with Gasteiger partial charge < -0.3 is 5.32 Å². The number of pyridine rings is 2. The van der Waals surface area contributed by atoms with Crippen LogP contribution in [-0.2, 0) is 0 Å². The third kappa shape index (κ3) is 2.73. The van der Waals surface area contributed by atoms with Crippen LogP contribution in [0.2, 0.25) is 0 Å². The Labute approximate surface area is 120 Å². The Kier molecular flexibility index (Phi) is 3.52. The molecule has 0 aliphatic rings. The van der Waals surface area contributed by atoms with E-state index in [0.29, 0.717) is 10.6 Å². The molecule has 0 aromatic carbocycles. The second-order valence-electron chi connectivity index (χ2n) is 4.14. The van der Waals surface area contributed by atoms with Gasteiger partial charge in [-0.3, -0.25) is 14.8 Å². The van der Waals surface area contributed by atoms with Crippen molar-refractivity contribution in [3.05, 3.63) is 65.4 Å². The predicted octanol–water partition coefficient (Wildman–Crippen LogP) is 3.46. The van der Waals surface area contributed by atoms with Gasteiger partial charge in [0.25, 0.3) is 5.91 Å². The Morgan fingerprint density at radius 1 is 1.05 bits per heavy atom. The van der Waals surface area contributed by atoms with Crippen molar-refractivity contribution in [2.45, 2.75) is 0 Å². The molecule has 3 aromatic heterocycles. The van der Waals surface area contributed by atoms with Crippen LogP contribution in [0, 0.1) is 0 Å². The van der Waals surface area contributed by atoms with Crippen LogP contribution >= 0.6 is 11.3 Å². The molecule has 3 heterocycles. The molecule has 0 unspecified atom stereocenters. The molecule has 0 atom stereocenters. The van der Waals surface area contributed by atoms with Crippen LogP contribution in [0.15, 0.2) is 60.5 Å². The van der Waals surface area contributed by atoms with E-state index in [4.69, 9.17) is 0 Å². The molecule has 0 spiro atoms. The fraction of sp³-hybridized carbons (Fsp3) is 0. The number of hydrogen-bond donors (Lipinski definition) is 1. The van der Waals surface area contributed by atoms with Crippen LogP contribution in [-0.4, -0.2) is 15.9 Å². The highest BCUT2D eigenvalue weighted by Gasteiger charge is 2.07. The molecular formula is C15H11N3OS. The number of aromatic nitrogens is 2. The summed E-state index contributed by atoms with van der Waals surface area (Å²) in [7, 11) is 0. The maximum Gasteiger partial charge on any atom is 0.265 e. The van der Waals surface area contributed by atoms with Gasteiger partial charge in [0.1, 0.15) is 0 Å². The second-order valence-corrected chi connectivity index (χ2v) is 5.08. The average Bonchev–Trinajstić information content (AvgIpc) is 3.03. The van der Waals surface area contributed by atoms with E-state index in [-0.39, 0.29) is 5.91 Å². The summed E-state index contributed by atoms with van der Waals surface area (Å²) in [5.41, 5.74) is 2.55. The lowest BCUT2D eigenvalue weighted by molar-refractivity contribution is 0.103. The maximum atomic E-state index is 12.0. The third-order valence-electron chi connectivity index (χ3n) is 2.74. The number of anilines is 1. The molecule has 0 radical (unpaired) electrons. The summed E-state index contributed by atoms with van der Waals surface area (Å²) in [5.74, 6) is -0.120. The average molecular weight is 281 g/mol. The first kappa shape index (κ1) is 12.5. The highest BCUT2D eigenvalue weighted by molar-refractivity contribution is 7.12. The summed E-state index contributed by atoms with van der Waals surface area (Å²) >= 11 is 1.41. The van der Waals surface area contributed by atoms with Crippen molar-refractivity contribution in [2.75, 3.05) is 5.32 Å². The summed E-state index contributed by atoms with van der Waals surface area (Å²) in [5, 5.41) is 4.72. The largest absolute Gasteiger partial charge is 0.320 e. The molecule has 0 saturated carbocycles. The Hall–Kier alpha value is -2.53. The summed E-state index contributed by atoms with van der Waals surface area (Å²) < 4.78 is 0. The molecule has 1 N–H and O–H groups in total. The van der Waals surface area contributed by atoms with Crippen LogP contribution in [0.1, 0.15) is 9.67 Å². The molecule has 0 aliphatic heterocycles. The summed E-state index contributed by atoms with van der Waals surface area (Å²) in [6.07, 6.45) is 6.87. The smallest absolute Gasteiger partial charge is 0.265 e.